The number of methoxy groups -OCH3 is 2. The number of aromatic hydroxyl groups is 1. The molecule has 21 nitrogen and oxygen atoms in total. The molecule has 0 aromatic heterocycles. The Bertz CT molecular complexity index is 2370. The predicted molar refractivity (Wildman–Crippen MR) is 195 cm³/mol. The van der Waals surface area contributed by atoms with Crippen molar-refractivity contribution in [2.45, 2.75) is 26.5 Å². The lowest BCUT2D eigenvalue weighted by Gasteiger charge is -2.12. The Balaban J connectivity index is 1.75. The molecular weight excluding hydrogens is 835 g/mol. The maximum absolute atomic E-state index is 12.7. The number of benzene rings is 4. The van der Waals surface area contributed by atoms with E-state index in [1.54, 1.807) is 19.1 Å². The summed E-state index contributed by atoms with van der Waals surface area (Å²) in [5.41, 5.74) is 7.15. The van der Waals surface area contributed by atoms with E-state index in [1.165, 1.54) is 50.6 Å². The van der Waals surface area contributed by atoms with Gasteiger partial charge < -0.3 is 20.3 Å². The summed E-state index contributed by atoms with van der Waals surface area (Å²) in [6, 6.07) is 11.3. The fourth-order valence-electron chi connectivity index (χ4n) is 4.31. The fourth-order valence-corrected chi connectivity index (χ4v) is 7.23. The summed E-state index contributed by atoms with van der Waals surface area (Å²) in [7, 11) is -5.89. The highest BCUT2D eigenvalue weighted by Crippen LogP contribution is 2.48. The number of nitrogens with zero attached hydrogens (tertiary/aromatic N) is 4. The molecule has 0 atom stereocenters. The number of ether oxygens (including phenoxy) is 2. The number of aryl methyl sites for hydroxylation is 1. The number of fused-ring (bicyclic) bond motifs is 1. The first kappa shape index (κ1) is 43.4. The van der Waals surface area contributed by atoms with Gasteiger partial charge in [0.1, 0.15) is 28.5 Å². The van der Waals surface area contributed by atoms with Gasteiger partial charge in [-0.15, -0.1) is 29.1 Å². The van der Waals surface area contributed by atoms with E-state index in [0.717, 1.165) is 11.8 Å². The standard InChI is InChI=1S/C29H27N5O16S5/c1-16-12-22(23(44-3)15-24(16)51-10-8-45-50-55(40,41)42)32-34-28-26(53-49-47-37)14-19-18(29(28)35)5-6-20(30)27(19)33-31-21-7-4-17(13-25(21)52-48-46-36)54(38,39)11-9-43-2/h4-7,12-15,35-37H,9,11,30H2,1-3H3,(H,40,41,42). The normalized spacial score (nSPS) is 12.0. The van der Waals surface area contributed by atoms with Crippen LogP contribution in [0, 0.1) is 18.3 Å². The van der Waals surface area contributed by atoms with Gasteiger partial charge in [-0.1, -0.05) is 10.1 Å². The van der Waals surface area contributed by atoms with Gasteiger partial charge in [0.05, 0.1) is 63.9 Å². The smallest absolute Gasteiger partial charge is 0.433 e. The van der Waals surface area contributed by atoms with E-state index < -0.39 is 26.0 Å². The van der Waals surface area contributed by atoms with E-state index in [0.29, 0.717) is 34.5 Å². The highest BCUT2D eigenvalue weighted by atomic mass is 32.3. The molecule has 4 rings (SSSR count). The molecule has 0 aliphatic carbocycles. The lowest BCUT2D eigenvalue weighted by atomic mass is 10.1. The minimum Gasteiger partial charge on any atom is -0.505 e. The third-order valence-electron chi connectivity index (χ3n) is 6.75. The minimum atomic E-state index is -4.85. The summed E-state index contributed by atoms with van der Waals surface area (Å²) in [6.07, 6.45) is 1.94. The van der Waals surface area contributed by atoms with Crippen molar-refractivity contribution in [3.63, 3.8) is 0 Å². The molecule has 0 aliphatic rings. The van der Waals surface area contributed by atoms with Crippen LogP contribution in [0.3, 0.4) is 0 Å². The molecule has 0 bridgehead atoms. The van der Waals surface area contributed by atoms with Gasteiger partial charge in [-0.3, -0.25) is 9.44 Å². The van der Waals surface area contributed by atoms with E-state index in [1.807, 2.05) is 6.11 Å². The molecule has 55 heavy (non-hydrogen) atoms. The maximum Gasteiger partial charge on any atom is 0.433 e. The number of phenolic OH excluding ortho intramolecular Hbond substituents is 1. The van der Waals surface area contributed by atoms with Gasteiger partial charge in [0.15, 0.2) is 21.7 Å². The van der Waals surface area contributed by atoms with Crippen LogP contribution in [-0.4, -0.2) is 63.6 Å². The largest absolute Gasteiger partial charge is 0.505 e. The van der Waals surface area contributed by atoms with Crippen molar-refractivity contribution in [3.8, 4) is 22.9 Å². The van der Waals surface area contributed by atoms with Gasteiger partial charge in [0.25, 0.3) is 0 Å². The van der Waals surface area contributed by atoms with Crippen LogP contribution in [0.5, 0.6) is 11.5 Å². The molecule has 0 amide bonds. The van der Waals surface area contributed by atoms with Crippen LogP contribution < -0.4 is 10.5 Å². The van der Waals surface area contributed by atoms with Gasteiger partial charge >= 0.3 is 10.4 Å². The van der Waals surface area contributed by atoms with Crippen molar-refractivity contribution in [1.82, 2.24) is 0 Å². The Morgan fingerprint density at radius 3 is 2.18 bits per heavy atom. The number of hydrogen-bond donors (Lipinski definition) is 5. The molecule has 0 saturated heterocycles. The van der Waals surface area contributed by atoms with E-state index in [9.17, 15) is 21.9 Å². The monoisotopic (exact) mass is 861 g/mol. The number of sulfone groups is 1. The first-order chi connectivity index (χ1) is 26.2. The Hall–Kier alpha value is -4.31. The minimum absolute atomic E-state index is 0.0403. The van der Waals surface area contributed by atoms with Crippen LogP contribution in [0.4, 0.5) is 28.4 Å². The third-order valence-corrected chi connectivity index (χ3v) is 10.8. The summed E-state index contributed by atoms with van der Waals surface area (Å²) in [6.45, 7) is 1.65. The van der Waals surface area contributed by atoms with Crippen molar-refractivity contribution < 1.29 is 74.4 Å². The molecule has 0 aliphatic heterocycles. The quantitative estimate of drug-likeness (QED) is 0.00956. The van der Waals surface area contributed by atoms with Crippen LogP contribution in [-0.2, 0) is 52.9 Å². The summed E-state index contributed by atoms with van der Waals surface area (Å²) >= 11 is 1.80. The number of rotatable bonds is 18. The summed E-state index contributed by atoms with van der Waals surface area (Å²) < 4.78 is 78.3. The lowest BCUT2D eigenvalue weighted by molar-refractivity contribution is -0.432. The number of thioether (sulfide) groups is 1. The second-order valence-corrected chi connectivity index (χ2v) is 15.6. The van der Waals surface area contributed by atoms with Crippen LogP contribution in [0.15, 0.2) is 88.6 Å². The predicted octanol–water partition coefficient (Wildman–Crippen LogP) is 7.31. The van der Waals surface area contributed by atoms with Crippen LogP contribution >= 0.6 is 35.8 Å². The molecule has 6 N–H and O–H groups in total. The summed E-state index contributed by atoms with van der Waals surface area (Å²) in [4.78, 5) is 4.67. The molecule has 4 aromatic rings. The molecule has 0 saturated carbocycles. The number of azo groups is 2. The first-order valence-electron chi connectivity index (χ1n) is 14.5. The van der Waals surface area contributed by atoms with Crippen LogP contribution in [0.1, 0.15) is 5.56 Å². The van der Waals surface area contributed by atoms with E-state index in [4.69, 9.17) is 30.3 Å². The van der Waals surface area contributed by atoms with Crippen LogP contribution in [0.2, 0.25) is 0 Å². The van der Waals surface area contributed by atoms with Crippen molar-refractivity contribution in [2.24, 2.45) is 20.5 Å². The topological polar surface area (TPSA) is 298 Å². The Kier molecular flexibility index (Phi) is 15.8. The molecule has 294 valence electrons. The molecule has 0 unspecified atom stereocenters. The number of anilines is 1. The zero-order valence-corrected chi connectivity index (χ0v) is 32.2. The molecule has 0 radical (unpaired) electrons. The van der Waals surface area contributed by atoms with Crippen molar-refractivity contribution >= 4 is 95.3 Å². The van der Waals surface area contributed by atoms with Gasteiger partial charge in [0.2, 0.25) is 0 Å². The summed E-state index contributed by atoms with van der Waals surface area (Å²) in [5.74, 6) is -0.522. The van der Waals surface area contributed by atoms with Crippen LogP contribution in [0.25, 0.3) is 10.8 Å². The average Bonchev–Trinajstić information content (AvgIpc) is 3.14. The number of nitrogens with two attached hydrogens (primary N) is 1. The fraction of sp³-hybridized carbons (Fsp3) is 0.172. The maximum atomic E-state index is 12.7. The number of nitrogen functional groups attached to an aromatic ring is 1. The highest BCUT2D eigenvalue weighted by Gasteiger charge is 2.21. The van der Waals surface area contributed by atoms with Crippen molar-refractivity contribution in [1.29, 1.82) is 0 Å². The van der Waals surface area contributed by atoms with Crippen molar-refractivity contribution in [3.05, 3.63) is 54.1 Å². The SMILES string of the molecule is COCCS(=O)(=O)c1ccc(N=Nc2c(N)ccc3c(O)c(N=Nc4cc(C)c(SC#COOS(=O)(=O)O)cc4OC)c(SOOO)cc23)c(SOOO)c1. The van der Waals surface area contributed by atoms with E-state index >= 15 is 0 Å². The second-order valence-electron chi connectivity index (χ2n) is 10.1. The van der Waals surface area contributed by atoms with Gasteiger partial charge in [-0.05, 0) is 77.1 Å². The molecule has 0 spiro atoms. The Labute approximate surface area is 324 Å². The highest BCUT2D eigenvalue weighted by molar-refractivity contribution is 8.04. The zero-order chi connectivity index (χ0) is 40.2. The van der Waals surface area contributed by atoms with Gasteiger partial charge in [0, 0.05) is 28.0 Å². The Morgan fingerprint density at radius 1 is 0.818 bits per heavy atom. The molecule has 0 heterocycles. The summed E-state index contributed by atoms with van der Waals surface area (Å²) in [5, 5.41) is 56.2. The third kappa shape index (κ3) is 11.8. The second kappa shape index (κ2) is 20.0. The van der Waals surface area contributed by atoms with Gasteiger partial charge in [-0.2, -0.15) is 8.42 Å². The number of hydrogen-bond acceptors (Lipinski definition) is 23. The average molecular weight is 862 g/mol. The molecule has 4 aromatic carbocycles. The van der Waals surface area contributed by atoms with E-state index in [2.05, 4.69) is 53.7 Å². The van der Waals surface area contributed by atoms with E-state index in [-0.39, 0.29) is 72.0 Å². The molecule has 0 fully saturated rings. The molecule has 26 heteroatoms. The van der Waals surface area contributed by atoms with Gasteiger partial charge in [-0.25, -0.2) is 18.9 Å². The zero-order valence-electron chi connectivity index (χ0n) is 28.1. The lowest BCUT2D eigenvalue weighted by Crippen LogP contribution is -2.11. The van der Waals surface area contributed by atoms with Crippen molar-refractivity contribution in [2.75, 3.05) is 32.3 Å². The molecular formula is C29H27N5O16S5. The number of phenols is 1. The first-order valence-corrected chi connectivity index (χ1v) is 19.8. The Morgan fingerprint density at radius 2 is 1.51 bits per heavy atom.